The van der Waals surface area contributed by atoms with E-state index in [2.05, 4.69) is 0 Å². The van der Waals surface area contributed by atoms with Crippen molar-refractivity contribution in [2.24, 2.45) is 0 Å². The molecule has 4 nitrogen and oxygen atoms in total. The molecule has 2 aromatic carbocycles. The van der Waals surface area contributed by atoms with Gasteiger partial charge in [0.25, 0.3) is 0 Å². The molecule has 0 amide bonds. The predicted octanol–water partition coefficient (Wildman–Crippen LogP) is 2.87. The minimum absolute atomic E-state index is 0.301. The third-order valence-electron chi connectivity index (χ3n) is 2.62. The highest BCUT2D eigenvalue weighted by atomic mass is 19.1. The third-order valence-corrected chi connectivity index (χ3v) is 2.62. The van der Waals surface area contributed by atoms with E-state index < -0.39 is 0 Å². The van der Waals surface area contributed by atoms with E-state index in [1.165, 1.54) is 12.1 Å². The van der Waals surface area contributed by atoms with E-state index in [9.17, 15) is 4.39 Å². The van der Waals surface area contributed by atoms with Gasteiger partial charge in [-0.2, -0.15) is 0 Å². The van der Waals surface area contributed by atoms with Gasteiger partial charge >= 0.3 is 0 Å². The van der Waals surface area contributed by atoms with E-state index in [0.717, 1.165) is 0 Å². The quantitative estimate of drug-likeness (QED) is 0.651. The number of rotatable bonds is 6. The highest BCUT2D eigenvalue weighted by Gasteiger charge is 2.02. The summed E-state index contributed by atoms with van der Waals surface area (Å²) in [4.78, 5) is 0. The van der Waals surface area contributed by atoms with Crippen LogP contribution in [0.2, 0.25) is 0 Å². The molecule has 0 spiro atoms. The van der Waals surface area contributed by atoms with E-state index in [4.69, 9.17) is 19.9 Å². The number of halogens is 1. The Morgan fingerprint density at radius 3 is 2.50 bits per heavy atom. The number of hydrogen-bond donors (Lipinski definition) is 1. The first-order chi connectivity index (χ1) is 9.69. The summed E-state index contributed by atoms with van der Waals surface area (Å²) in [7, 11) is 1.57. The van der Waals surface area contributed by atoms with Crippen LogP contribution in [-0.2, 0) is 0 Å². The summed E-state index contributed by atoms with van der Waals surface area (Å²) in [5, 5.41) is 0. The van der Waals surface area contributed by atoms with Gasteiger partial charge in [0.2, 0.25) is 0 Å². The van der Waals surface area contributed by atoms with Crippen LogP contribution in [-0.4, -0.2) is 20.3 Å². The number of anilines is 1. The number of benzene rings is 2. The zero-order valence-corrected chi connectivity index (χ0v) is 11.1. The Bertz CT molecular complexity index is 575. The Kier molecular flexibility index (Phi) is 4.65. The van der Waals surface area contributed by atoms with Crippen LogP contribution in [0, 0.1) is 5.82 Å². The summed E-state index contributed by atoms with van der Waals surface area (Å²) in [6.45, 7) is 0.613. The van der Waals surface area contributed by atoms with Gasteiger partial charge in [0, 0.05) is 12.1 Å². The van der Waals surface area contributed by atoms with Gasteiger partial charge in [0.05, 0.1) is 12.8 Å². The predicted molar refractivity (Wildman–Crippen MR) is 74.8 cm³/mol. The topological polar surface area (TPSA) is 53.7 Å². The van der Waals surface area contributed by atoms with Crippen molar-refractivity contribution >= 4 is 5.69 Å². The zero-order valence-electron chi connectivity index (χ0n) is 11.1. The molecule has 0 atom stereocenters. The minimum Gasteiger partial charge on any atom is -0.497 e. The number of hydrogen-bond acceptors (Lipinski definition) is 4. The van der Waals surface area contributed by atoms with Crippen LogP contribution in [0.15, 0.2) is 42.5 Å². The molecule has 2 N–H and O–H groups in total. The van der Waals surface area contributed by atoms with E-state index >= 15 is 0 Å². The molecular formula is C15H16FNO3. The summed E-state index contributed by atoms with van der Waals surface area (Å²) < 4.78 is 28.8. The average Bonchev–Trinajstić information content (AvgIpc) is 2.45. The molecule has 2 rings (SSSR count). The van der Waals surface area contributed by atoms with E-state index in [1.54, 1.807) is 37.4 Å². The first-order valence-electron chi connectivity index (χ1n) is 6.14. The maximum Gasteiger partial charge on any atom is 0.142 e. The van der Waals surface area contributed by atoms with Gasteiger partial charge in [-0.15, -0.1) is 0 Å². The Morgan fingerprint density at radius 1 is 1.00 bits per heavy atom. The molecule has 0 saturated carbocycles. The molecule has 0 bridgehead atoms. The van der Waals surface area contributed by atoms with Crippen LogP contribution in [0.4, 0.5) is 10.1 Å². The van der Waals surface area contributed by atoms with Crippen LogP contribution in [0.5, 0.6) is 17.2 Å². The van der Waals surface area contributed by atoms with Crippen molar-refractivity contribution in [3.8, 4) is 17.2 Å². The van der Waals surface area contributed by atoms with Crippen molar-refractivity contribution in [1.29, 1.82) is 0 Å². The monoisotopic (exact) mass is 277 g/mol. The standard InChI is InChI=1S/C15H16FNO3/c1-18-12-5-6-15(14(17)10-12)20-8-7-19-13-4-2-3-11(16)9-13/h2-6,9-10H,7-8,17H2,1H3. The Morgan fingerprint density at radius 2 is 1.80 bits per heavy atom. The zero-order chi connectivity index (χ0) is 14.4. The van der Waals surface area contributed by atoms with Crippen molar-refractivity contribution in [3.63, 3.8) is 0 Å². The maximum absolute atomic E-state index is 12.9. The van der Waals surface area contributed by atoms with E-state index in [0.29, 0.717) is 36.1 Å². The SMILES string of the molecule is COc1ccc(OCCOc2cccc(F)c2)c(N)c1. The van der Waals surface area contributed by atoms with E-state index in [-0.39, 0.29) is 5.82 Å². The number of nitrogens with two attached hydrogens (primary N) is 1. The molecule has 20 heavy (non-hydrogen) atoms. The second-order valence-electron chi connectivity index (χ2n) is 4.06. The molecule has 0 unspecified atom stereocenters. The van der Waals surface area contributed by atoms with Crippen LogP contribution < -0.4 is 19.9 Å². The summed E-state index contributed by atoms with van der Waals surface area (Å²) in [6.07, 6.45) is 0. The van der Waals surface area contributed by atoms with Gasteiger partial charge in [-0.1, -0.05) is 6.07 Å². The fourth-order valence-electron chi connectivity index (χ4n) is 1.65. The van der Waals surface area contributed by atoms with Gasteiger partial charge < -0.3 is 19.9 Å². The second-order valence-corrected chi connectivity index (χ2v) is 4.06. The summed E-state index contributed by atoms with van der Waals surface area (Å²) >= 11 is 0. The average molecular weight is 277 g/mol. The summed E-state index contributed by atoms with van der Waals surface area (Å²) in [6, 6.07) is 11.1. The fourth-order valence-corrected chi connectivity index (χ4v) is 1.65. The molecule has 2 aromatic rings. The highest BCUT2D eigenvalue weighted by Crippen LogP contribution is 2.26. The molecule has 0 radical (unpaired) electrons. The lowest BCUT2D eigenvalue weighted by Crippen LogP contribution is -2.10. The van der Waals surface area contributed by atoms with Gasteiger partial charge in [0.15, 0.2) is 0 Å². The van der Waals surface area contributed by atoms with Crippen molar-refractivity contribution in [3.05, 3.63) is 48.3 Å². The van der Waals surface area contributed by atoms with Crippen LogP contribution >= 0.6 is 0 Å². The van der Waals surface area contributed by atoms with Gasteiger partial charge in [-0.05, 0) is 24.3 Å². The smallest absolute Gasteiger partial charge is 0.142 e. The van der Waals surface area contributed by atoms with Gasteiger partial charge in [-0.3, -0.25) is 0 Å². The molecule has 0 saturated heterocycles. The van der Waals surface area contributed by atoms with Crippen molar-refractivity contribution in [2.75, 3.05) is 26.1 Å². The molecule has 0 aromatic heterocycles. The first-order valence-corrected chi connectivity index (χ1v) is 6.14. The number of ether oxygens (including phenoxy) is 3. The molecule has 0 aliphatic heterocycles. The van der Waals surface area contributed by atoms with Gasteiger partial charge in [-0.25, -0.2) is 4.39 Å². The highest BCUT2D eigenvalue weighted by molar-refractivity contribution is 5.56. The molecule has 5 heteroatoms. The number of nitrogen functional groups attached to an aromatic ring is 1. The van der Waals surface area contributed by atoms with Crippen molar-refractivity contribution in [2.45, 2.75) is 0 Å². The Hall–Kier alpha value is -2.43. The molecule has 0 aliphatic carbocycles. The summed E-state index contributed by atoms with van der Waals surface area (Å²) in [5.41, 5.74) is 6.31. The van der Waals surface area contributed by atoms with Crippen molar-refractivity contribution in [1.82, 2.24) is 0 Å². The molecule has 106 valence electrons. The Labute approximate surface area is 116 Å². The van der Waals surface area contributed by atoms with Gasteiger partial charge in [0.1, 0.15) is 36.3 Å². The Balaban J connectivity index is 1.81. The minimum atomic E-state index is -0.331. The molecular weight excluding hydrogens is 261 g/mol. The van der Waals surface area contributed by atoms with Crippen LogP contribution in [0.25, 0.3) is 0 Å². The molecule has 0 fully saturated rings. The fraction of sp³-hybridized carbons (Fsp3) is 0.200. The summed E-state index contributed by atoms with van der Waals surface area (Å²) in [5.74, 6) is 1.37. The lowest BCUT2D eigenvalue weighted by atomic mass is 10.3. The second kappa shape index (κ2) is 6.65. The van der Waals surface area contributed by atoms with Crippen LogP contribution in [0.3, 0.4) is 0 Å². The third kappa shape index (κ3) is 3.78. The van der Waals surface area contributed by atoms with E-state index in [1.807, 2.05) is 0 Å². The number of methoxy groups -OCH3 is 1. The molecule has 0 aliphatic rings. The largest absolute Gasteiger partial charge is 0.497 e. The maximum atomic E-state index is 12.9. The normalized spacial score (nSPS) is 10.1. The van der Waals surface area contributed by atoms with Crippen molar-refractivity contribution < 1.29 is 18.6 Å². The molecule has 0 heterocycles. The first kappa shape index (κ1) is 14.0. The lowest BCUT2D eigenvalue weighted by molar-refractivity contribution is 0.217. The lowest BCUT2D eigenvalue weighted by Gasteiger charge is -2.11. The van der Waals surface area contributed by atoms with Crippen LogP contribution in [0.1, 0.15) is 0 Å².